The SMILES string of the molecule is C=CCN(CC)CCOc1ccc(CN)cc1. The van der Waals surface area contributed by atoms with Crippen molar-refractivity contribution in [2.45, 2.75) is 13.5 Å². The van der Waals surface area contributed by atoms with Crippen LogP contribution in [-0.4, -0.2) is 31.1 Å². The fourth-order valence-corrected chi connectivity index (χ4v) is 1.58. The van der Waals surface area contributed by atoms with Gasteiger partial charge in [0.15, 0.2) is 0 Å². The van der Waals surface area contributed by atoms with Gasteiger partial charge in [-0.1, -0.05) is 25.1 Å². The molecule has 0 amide bonds. The first-order chi connectivity index (χ1) is 8.30. The van der Waals surface area contributed by atoms with E-state index in [1.807, 2.05) is 30.3 Å². The fourth-order valence-electron chi connectivity index (χ4n) is 1.58. The van der Waals surface area contributed by atoms with Gasteiger partial charge in [-0.25, -0.2) is 0 Å². The van der Waals surface area contributed by atoms with Crippen LogP contribution in [0.4, 0.5) is 0 Å². The summed E-state index contributed by atoms with van der Waals surface area (Å²) in [5, 5.41) is 0. The van der Waals surface area contributed by atoms with Crippen LogP contribution in [0.5, 0.6) is 5.75 Å². The van der Waals surface area contributed by atoms with Crippen molar-refractivity contribution in [3.63, 3.8) is 0 Å². The van der Waals surface area contributed by atoms with Crippen molar-refractivity contribution in [2.75, 3.05) is 26.2 Å². The zero-order valence-electron chi connectivity index (χ0n) is 10.6. The molecule has 0 aliphatic carbocycles. The number of nitrogens with two attached hydrogens (primary N) is 1. The van der Waals surface area contributed by atoms with E-state index in [1.54, 1.807) is 0 Å². The zero-order valence-corrected chi connectivity index (χ0v) is 10.6. The first kappa shape index (κ1) is 13.7. The minimum Gasteiger partial charge on any atom is -0.492 e. The number of hydrogen-bond donors (Lipinski definition) is 1. The van der Waals surface area contributed by atoms with Gasteiger partial charge in [0.2, 0.25) is 0 Å². The van der Waals surface area contributed by atoms with Gasteiger partial charge in [0, 0.05) is 19.6 Å². The Balaban J connectivity index is 2.31. The van der Waals surface area contributed by atoms with E-state index in [0.29, 0.717) is 13.2 Å². The van der Waals surface area contributed by atoms with Crippen LogP contribution in [0.25, 0.3) is 0 Å². The Kier molecular flexibility index (Phi) is 6.37. The molecule has 0 spiro atoms. The van der Waals surface area contributed by atoms with Crippen molar-refractivity contribution in [2.24, 2.45) is 5.73 Å². The van der Waals surface area contributed by atoms with E-state index in [9.17, 15) is 0 Å². The summed E-state index contributed by atoms with van der Waals surface area (Å²) in [6.45, 7) is 9.99. The Bertz CT molecular complexity index is 321. The molecule has 0 atom stereocenters. The van der Waals surface area contributed by atoms with Crippen molar-refractivity contribution in [3.8, 4) is 5.75 Å². The Hall–Kier alpha value is -1.32. The predicted octanol–water partition coefficient (Wildman–Crippen LogP) is 2.03. The maximum absolute atomic E-state index is 5.67. The van der Waals surface area contributed by atoms with Crippen LogP contribution in [0.2, 0.25) is 0 Å². The van der Waals surface area contributed by atoms with Gasteiger partial charge in [0.05, 0.1) is 0 Å². The van der Waals surface area contributed by atoms with Crippen LogP contribution >= 0.6 is 0 Å². The van der Waals surface area contributed by atoms with E-state index >= 15 is 0 Å². The van der Waals surface area contributed by atoms with Crippen molar-refractivity contribution < 1.29 is 4.74 Å². The Morgan fingerprint density at radius 3 is 2.59 bits per heavy atom. The summed E-state index contributed by atoms with van der Waals surface area (Å²) in [6.07, 6.45) is 1.92. The third-order valence-electron chi connectivity index (χ3n) is 2.67. The molecule has 0 saturated carbocycles. The molecule has 1 rings (SSSR count). The highest BCUT2D eigenvalue weighted by Gasteiger charge is 2.00. The smallest absolute Gasteiger partial charge is 0.119 e. The molecular formula is C14H22N2O. The zero-order chi connectivity index (χ0) is 12.5. The molecule has 2 N–H and O–H groups in total. The first-order valence-electron chi connectivity index (χ1n) is 6.05. The molecule has 1 aromatic rings. The molecular weight excluding hydrogens is 212 g/mol. The molecule has 0 unspecified atom stereocenters. The van der Waals surface area contributed by atoms with Crippen LogP contribution in [-0.2, 0) is 6.54 Å². The van der Waals surface area contributed by atoms with Crippen molar-refractivity contribution in [1.29, 1.82) is 0 Å². The second-order valence-corrected chi connectivity index (χ2v) is 3.88. The number of likely N-dealkylation sites (N-methyl/N-ethyl adjacent to an activating group) is 1. The molecule has 0 bridgehead atoms. The quantitative estimate of drug-likeness (QED) is 0.699. The molecule has 0 aromatic heterocycles. The van der Waals surface area contributed by atoms with Gasteiger partial charge in [0.1, 0.15) is 12.4 Å². The van der Waals surface area contributed by atoms with E-state index in [4.69, 9.17) is 10.5 Å². The van der Waals surface area contributed by atoms with E-state index < -0.39 is 0 Å². The first-order valence-corrected chi connectivity index (χ1v) is 6.05. The van der Waals surface area contributed by atoms with Gasteiger partial charge in [-0.15, -0.1) is 6.58 Å². The predicted molar refractivity (Wildman–Crippen MR) is 72.1 cm³/mol. The highest BCUT2D eigenvalue weighted by molar-refractivity contribution is 5.27. The lowest BCUT2D eigenvalue weighted by Gasteiger charge is -2.18. The lowest BCUT2D eigenvalue weighted by Crippen LogP contribution is -2.28. The van der Waals surface area contributed by atoms with E-state index in [0.717, 1.165) is 30.9 Å². The molecule has 94 valence electrons. The van der Waals surface area contributed by atoms with Gasteiger partial charge >= 0.3 is 0 Å². The third-order valence-corrected chi connectivity index (χ3v) is 2.67. The van der Waals surface area contributed by atoms with Crippen molar-refractivity contribution >= 4 is 0 Å². The number of hydrogen-bond acceptors (Lipinski definition) is 3. The van der Waals surface area contributed by atoms with Crippen LogP contribution in [0.15, 0.2) is 36.9 Å². The second-order valence-electron chi connectivity index (χ2n) is 3.88. The average Bonchev–Trinajstić information content (AvgIpc) is 2.38. The highest BCUT2D eigenvalue weighted by atomic mass is 16.5. The molecule has 3 nitrogen and oxygen atoms in total. The largest absolute Gasteiger partial charge is 0.492 e. The van der Waals surface area contributed by atoms with E-state index in [-0.39, 0.29) is 0 Å². The molecule has 0 aliphatic rings. The second kappa shape index (κ2) is 7.87. The summed E-state index contributed by atoms with van der Waals surface area (Å²) in [5.74, 6) is 0.900. The van der Waals surface area contributed by atoms with Crippen molar-refractivity contribution in [1.82, 2.24) is 4.90 Å². The maximum atomic E-state index is 5.67. The summed E-state index contributed by atoms with van der Waals surface area (Å²) in [5.41, 5.74) is 6.66. The number of rotatable bonds is 8. The molecule has 0 radical (unpaired) electrons. The normalized spacial score (nSPS) is 10.5. The van der Waals surface area contributed by atoms with Crippen LogP contribution in [0, 0.1) is 0 Å². The Morgan fingerprint density at radius 1 is 1.35 bits per heavy atom. The molecule has 0 saturated heterocycles. The van der Waals surface area contributed by atoms with Gasteiger partial charge < -0.3 is 10.5 Å². The molecule has 0 aliphatic heterocycles. The van der Waals surface area contributed by atoms with E-state index in [1.165, 1.54) is 0 Å². The number of benzene rings is 1. The van der Waals surface area contributed by atoms with Crippen LogP contribution < -0.4 is 10.5 Å². The summed E-state index contributed by atoms with van der Waals surface area (Å²) < 4.78 is 5.67. The summed E-state index contributed by atoms with van der Waals surface area (Å²) in [6, 6.07) is 7.92. The monoisotopic (exact) mass is 234 g/mol. The minimum atomic E-state index is 0.573. The topological polar surface area (TPSA) is 38.5 Å². The molecule has 1 aromatic carbocycles. The number of nitrogens with zero attached hydrogens (tertiary/aromatic N) is 1. The number of ether oxygens (including phenoxy) is 1. The lowest BCUT2D eigenvalue weighted by atomic mass is 10.2. The molecule has 0 fully saturated rings. The average molecular weight is 234 g/mol. The Morgan fingerprint density at radius 2 is 2.06 bits per heavy atom. The minimum absolute atomic E-state index is 0.573. The summed E-state index contributed by atoms with van der Waals surface area (Å²) in [4.78, 5) is 2.28. The third kappa shape index (κ3) is 5.02. The Labute approximate surface area is 104 Å². The van der Waals surface area contributed by atoms with Gasteiger partial charge in [-0.05, 0) is 24.2 Å². The van der Waals surface area contributed by atoms with Gasteiger partial charge in [0.25, 0.3) is 0 Å². The van der Waals surface area contributed by atoms with Crippen molar-refractivity contribution in [3.05, 3.63) is 42.5 Å². The standard InChI is InChI=1S/C14H22N2O/c1-3-9-16(4-2)10-11-17-14-7-5-13(12-15)6-8-14/h3,5-8H,1,4,9-12,15H2,2H3. The molecule has 3 heteroatoms. The highest BCUT2D eigenvalue weighted by Crippen LogP contribution is 2.11. The summed E-state index contributed by atoms with van der Waals surface area (Å²) in [7, 11) is 0. The van der Waals surface area contributed by atoms with Gasteiger partial charge in [-0.2, -0.15) is 0 Å². The maximum Gasteiger partial charge on any atom is 0.119 e. The lowest BCUT2D eigenvalue weighted by molar-refractivity contribution is 0.229. The molecule has 0 heterocycles. The van der Waals surface area contributed by atoms with E-state index in [2.05, 4.69) is 18.4 Å². The fraction of sp³-hybridized carbons (Fsp3) is 0.429. The van der Waals surface area contributed by atoms with Gasteiger partial charge in [-0.3, -0.25) is 4.90 Å². The van der Waals surface area contributed by atoms with Crippen LogP contribution in [0.1, 0.15) is 12.5 Å². The summed E-state index contributed by atoms with van der Waals surface area (Å²) >= 11 is 0. The van der Waals surface area contributed by atoms with Crippen LogP contribution in [0.3, 0.4) is 0 Å². The molecule has 17 heavy (non-hydrogen) atoms.